The molecule has 122 valence electrons. The zero-order chi connectivity index (χ0) is 16.7. The lowest BCUT2D eigenvalue weighted by molar-refractivity contribution is -0.107. The Labute approximate surface area is 137 Å². The highest BCUT2D eigenvalue weighted by molar-refractivity contribution is 5.69. The number of hydrogen-bond acceptors (Lipinski definition) is 2. The standard InChI is InChI=1S/C20H23FO2/c1-3-4-5-6-15-7-9-16(10-8-15)18-12-11-17(13-14-22)20(23-2)19(18)21/h7-12,14H,3-6,13H2,1-2H3. The zero-order valence-corrected chi connectivity index (χ0v) is 13.8. The van der Waals surface area contributed by atoms with Gasteiger partial charge in [-0.15, -0.1) is 0 Å². The summed E-state index contributed by atoms with van der Waals surface area (Å²) in [5.41, 5.74) is 3.15. The summed E-state index contributed by atoms with van der Waals surface area (Å²) in [6.45, 7) is 2.19. The van der Waals surface area contributed by atoms with E-state index < -0.39 is 5.82 Å². The Kier molecular flexibility index (Phi) is 6.33. The molecule has 0 atom stereocenters. The Morgan fingerprint density at radius 3 is 2.43 bits per heavy atom. The van der Waals surface area contributed by atoms with Crippen LogP contribution in [0.4, 0.5) is 4.39 Å². The number of methoxy groups -OCH3 is 1. The van der Waals surface area contributed by atoms with E-state index in [1.165, 1.54) is 31.9 Å². The fourth-order valence-corrected chi connectivity index (χ4v) is 2.72. The Balaban J connectivity index is 2.26. The third kappa shape index (κ3) is 4.19. The predicted molar refractivity (Wildman–Crippen MR) is 91.4 cm³/mol. The molecular weight excluding hydrogens is 291 g/mol. The molecule has 0 radical (unpaired) electrons. The largest absolute Gasteiger partial charge is 0.493 e. The van der Waals surface area contributed by atoms with Crippen molar-refractivity contribution in [3.8, 4) is 16.9 Å². The number of unbranched alkanes of at least 4 members (excludes halogenated alkanes) is 2. The summed E-state index contributed by atoms with van der Waals surface area (Å²) in [5.74, 6) is -0.257. The molecule has 23 heavy (non-hydrogen) atoms. The normalized spacial score (nSPS) is 10.6. The minimum atomic E-state index is -0.411. The molecule has 0 aliphatic heterocycles. The van der Waals surface area contributed by atoms with Crippen LogP contribution in [0.25, 0.3) is 11.1 Å². The van der Waals surface area contributed by atoms with Crippen LogP contribution in [0.3, 0.4) is 0 Å². The van der Waals surface area contributed by atoms with E-state index in [-0.39, 0.29) is 12.2 Å². The van der Waals surface area contributed by atoms with Crippen molar-refractivity contribution in [2.75, 3.05) is 7.11 Å². The number of aldehydes is 1. The van der Waals surface area contributed by atoms with Crippen LogP contribution in [-0.4, -0.2) is 13.4 Å². The summed E-state index contributed by atoms with van der Waals surface area (Å²) in [4.78, 5) is 10.7. The molecule has 2 nitrogen and oxygen atoms in total. The van der Waals surface area contributed by atoms with Crippen molar-refractivity contribution >= 4 is 6.29 Å². The molecular formula is C20H23FO2. The third-order valence-corrected chi connectivity index (χ3v) is 4.02. The van der Waals surface area contributed by atoms with Gasteiger partial charge in [-0.3, -0.25) is 0 Å². The first-order valence-corrected chi connectivity index (χ1v) is 8.09. The van der Waals surface area contributed by atoms with Gasteiger partial charge in [0.25, 0.3) is 0 Å². The summed E-state index contributed by atoms with van der Waals surface area (Å²) in [5, 5.41) is 0. The lowest BCUT2D eigenvalue weighted by Gasteiger charge is -2.12. The van der Waals surface area contributed by atoms with E-state index >= 15 is 0 Å². The van der Waals surface area contributed by atoms with E-state index in [1.807, 2.05) is 12.1 Å². The average molecular weight is 314 g/mol. The number of hydrogen-bond donors (Lipinski definition) is 0. The van der Waals surface area contributed by atoms with E-state index in [2.05, 4.69) is 19.1 Å². The Hall–Kier alpha value is -2.16. The van der Waals surface area contributed by atoms with Gasteiger partial charge in [-0.2, -0.15) is 0 Å². The van der Waals surface area contributed by atoms with Crippen molar-refractivity contribution in [3.63, 3.8) is 0 Å². The maximum atomic E-state index is 14.7. The molecule has 0 aromatic heterocycles. The van der Waals surface area contributed by atoms with Crippen molar-refractivity contribution in [1.29, 1.82) is 0 Å². The molecule has 2 aromatic carbocycles. The van der Waals surface area contributed by atoms with Crippen LogP contribution in [-0.2, 0) is 17.6 Å². The van der Waals surface area contributed by atoms with Crippen LogP contribution in [0.2, 0.25) is 0 Å². The number of aryl methyl sites for hydroxylation is 1. The molecule has 0 spiro atoms. The SMILES string of the molecule is CCCCCc1ccc(-c2ccc(CC=O)c(OC)c2F)cc1. The second-order valence-electron chi connectivity index (χ2n) is 5.64. The summed E-state index contributed by atoms with van der Waals surface area (Å²) in [6.07, 6.45) is 5.57. The topological polar surface area (TPSA) is 26.3 Å². The van der Waals surface area contributed by atoms with Crippen molar-refractivity contribution < 1.29 is 13.9 Å². The second kappa shape index (κ2) is 8.47. The number of benzene rings is 2. The van der Waals surface area contributed by atoms with Crippen LogP contribution in [0.1, 0.15) is 37.3 Å². The smallest absolute Gasteiger partial charge is 0.173 e. The fourth-order valence-electron chi connectivity index (χ4n) is 2.72. The van der Waals surface area contributed by atoms with E-state index in [1.54, 1.807) is 12.1 Å². The number of halogens is 1. The van der Waals surface area contributed by atoms with E-state index in [4.69, 9.17) is 4.74 Å². The highest BCUT2D eigenvalue weighted by Gasteiger charge is 2.15. The number of rotatable bonds is 8. The van der Waals surface area contributed by atoms with E-state index in [0.717, 1.165) is 18.3 Å². The minimum Gasteiger partial charge on any atom is -0.493 e. The lowest BCUT2D eigenvalue weighted by atomic mass is 9.98. The van der Waals surface area contributed by atoms with Gasteiger partial charge in [0.15, 0.2) is 11.6 Å². The summed E-state index contributed by atoms with van der Waals surface area (Å²) in [7, 11) is 1.42. The first-order valence-electron chi connectivity index (χ1n) is 8.09. The quantitative estimate of drug-likeness (QED) is 0.507. The summed E-state index contributed by atoms with van der Waals surface area (Å²) >= 11 is 0. The first kappa shape index (κ1) is 17.2. The number of ether oxygens (including phenoxy) is 1. The molecule has 0 unspecified atom stereocenters. The van der Waals surface area contributed by atoms with Gasteiger partial charge < -0.3 is 9.53 Å². The maximum absolute atomic E-state index is 14.7. The Bertz CT molecular complexity index is 647. The zero-order valence-electron chi connectivity index (χ0n) is 13.8. The minimum absolute atomic E-state index is 0.150. The Morgan fingerprint density at radius 2 is 1.83 bits per heavy atom. The van der Waals surface area contributed by atoms with Crippen molar-refractivity contribution in [2.24, 2.45) is 0 Å². The van der Waals surface area contributed by atoms with Crippen LogP contribution in [0.15, 0.2) is 36.4 Å². The summed E-state index contributed by atoms with van der Waals surface area (Å²) < 4.78 is 19.8. The van der Waals surface area contributed by atoms with Crippen LogP contribution >= 0.6 is 0 Å². The number of carbonyl (C=O) groups is 1. The molecule has 0 saturated carbocycles. The van der Waals surface area contributed by atoms with E-state index in [9.17, 15) is 9.18 Å². The molecule has 0 aliphatic rings. The maximum Gasteiger partial charge on any atom is 0.173 e. The molecule has 0 bridgehead atoms. The highest BCUT2D eigenvalue weighted by atomic mass is 19.1. The average Bonchev–Trinajstić information content (AvgIpc) is 2.57. The molecule has 0 saturated heterocycles. The van der Waals surface area contributed by atoms with Crippen molar-refractivity contribution in [3.05, 3.63) is 53.3 Å². The highest BCUT2D eigenvalue weighted by Crippen LogP contribution is 2.32. The van der Waals surface area contributed by atoms with Crippen LogP contribution in [0.5, 0.6) is 5.75 Å². The predicted octanol–water partition coefficient (Wildman–Crippen LogP) is 4.98. The molecule has 2 rings (SSSR count). The number of carbonyl (C=O) groups excluding carboxylic acids is 1. The molecule has 2 aromatic rings. The Morgan fingerprint density at radius 1 is 1.09 bits per heavy atom. The molecule has 0 heterocycles. The van der Waals surface area contributed by atoms with Gasteiger partial charge in [0.2, 0.25) is 0 Å². The van der Waals surface area contributed by atoms with Gasteiger partial charge >= 0.3 is 0 Å². The van der Waals surface area contributed by atoms with Gasteiger partial charge in [-0.25, -0.2) is 4.39 Å². The van der Waals surface area contributed by atoms with Gasteiger partial charge in [0, 0.05) is 17.5 Å². The monoisotopic (exact) mass is 314 g/mol. The van der Waals surface area contributed by atoms with Gasteiger partial charge in [-0.1, -0.05) is 56.2 Å². The van der Waals surface area contributed by atoms with Crippen molar-refractivity contribution in [1.82, 2.24) is 0 Å². The van der Waals surface area contributed by atoms with Gasteiger partial charge in [0.05, 0.1) is 7.11 Å². The second-order valence-corrected chi connectivity index (χ2v) is 5.64. The lowest BCUT2D eigenvalue weighted by Crippen LogP contribution is -1.98. The fraction of sp³-hybridized carbons (Fsp3) is 0.350. The van der Waals surface area contributed by atoms with Crippen molar-refractivity contribution in [2.45, 2.75) is 39.0 Å². The van der Waals surface area contributed by atoms with Crippen LogP contribution in [0, 0.1) is 5.82 Å². The summed E-state index contributed by atoms with van der Waals surface area (Å²) in [6, 6.07) is 11.5. The van der Waals surface area contributed by atoms with Crippen LogP contribution < -0.4 is 4.74 Å². The molecule has 0 amide bonds. The molecule has 0 N–H and O–H groups in total. The first-order chi connectivity index (χ1) is 11.2. The third-order valence-electron chi connectivity index (χ3n) is 4.02. The molecule has 0 fully saturated rings. The molecule has 3 heteroatoms. The molecule has 0 aliphatic carbocycles. The van der Waals surface area contributed by atoms with E-state index in [0.29, 0.717) is 11.1 Å². The van der Waals surface area contributed by atoms with Gasteiger partial charge in [0.1, 0.15) is 6.29 Å². The van der Waals surface area contributed by atoms with Gasteiger partial charge in [-0.05, 0) is 24.0 Å².